The molecule has 3 aromatic rings. The van der Waals surface area contributed by atoms with Gasteiger partial charge in [0.05, 0.1) is 17.8 Å². The average molecular weight is 525 g/mol. The van der Waals surface area contributed by atoms with Crippen LogP contribution < -0.4 is 11.1 Å². The molecule has 0 radical (unpaired) electrons. The first-order valence-corrected chi connectivity index (χ1v) is 12.8. The van der Waals surface area contributed by atoms with Crippen molar-refractivity contribution in [1.29, 1.82) is 0 Å². The Hall–Kier alpha value is -3.59. The van der Waals surface area contributed by atoms with Crippen LogP contribution in [0.2, 0.25) is 5.02 Å². The summed E-state index contributed by atoms with van der Waals surface area (Å²) in [5.41, 5.74) is 8.47. The summed E-state index contributed by atoms with van der Waals surface area (Å²) in [6.07, 6.45) is 7.28. The number of piperidine rings is 1. The molecule has 1 aromatic carbocycles. The molecule has 0 atom stereocenters. The number of amides is 2. The largest absolute Gasteiger partial charge is 0.444 e. The number of likely N-dealkylation sites (tertiary alicyclic amines) is 1. The van der Waals surface area contributed by atoms with Gasteiger partial charge in [-0.3, -0.25) is 9.48 Å². The first-order valence-electron chi connectivity index (χ1n) is 12.4. The van der Waals surface area contributed by atoms with Gasteiger partial charge in [-0.2, -0.15) is 5.10 Å². The number of rotatable bonds is 6. The molecule has 9 nitrogen and oxygen atoms in total. The Morgan fingerprint density at radius 1 is 1.16 bits per heavy atom. The second-order valence-corrected chi connectivity index (χ2v) is 10.6. The summed E-state index contributed by atoms with van der Waals surface area (Å²) >= 11 is 6.03. The van der Waals surface area contributed by atoms with Crippen LogP contribution >= 0.6 is 11.6 Å². The lowest BCUT2D eigenvalue weighted by Gasteiger charge is -2.33. The molecule has 1 saturated heterocycles. The van der Waals surface area contributed by atoms with Gasteiger partial charge in [-0.1, -0.05) is 23.7 Å². The number of pyridine rings is 1. The summed E-state index contributed by atoms with van der Waals surface area (Å²) < 4.78 is 7.40. The minimum Gasteiger partial charge on any atom is -0.444 e. The van der Waals surface area contributed by atoms with Crippen LogP contribution in [0.3, 0.4) is 0 Å². The SMILES string of the molecule is CC(C)(C)OC(=O)N1CCC(n2cc(-c3cnc(N)c(C(=O)NCCc4cccc(Cl)c4)c3)cn2)CC1. The van der Waals surface area contributed by atoms with Gasteiger partial charge in [-0.25, -0.2) is 9.78 Å². The maximum atomic E-state index is 12.8. The van der Waals surface area contributed by atoms with E-state index in [9.17, 15) is 9.59 Å². The normalized spacial score (nSPS) is 14.4. The number of hydrogen-bond donors (Lipinski definition) is 2. The number of carbonyl (C=O) groups excluding carboxylic acids is 2. The van der Waals surface area contributed by atoms with E-state index in [-0.39, 0.29) is 23.9 Å². The molecule has 196 valence electrons. The zero-order chi connectivity index (χ0) is 26.6. The molecule has 0 spiro atoms. The highest BCUT2D eigenvalue weighted by molar-refractivity contribution is 6.30. The van der Waals surface area contributed by atoms with Gasteiger partial charge in [0.1, 0.15) is 11.4 Å². The van der Waals surface area contributed by atoms with Crippen LogP contribution in [0.5, 0.6) is 0 Å². The predicted octanol–water partition coefficient (Wildman–Crippen LogP) is 4.73. The number of ether oxygens (including phenoxy) is 1. The van der Waals surface area contributed by atoms with E-state index < -0.39 is 5.60 Å². The number of benzene rings is 1. The van der Waals surface area contributed by atoms with Gasteiger partial charge < -0.3 is 20.7 Å². The fourth-order valence-corrected chi connectivity index (χ4v) is 4.46. The van der Waals surface area contributed by atoms with Gasteiger partial charge in [0.15, 0.2) is 0 Å². The molecule has 0 bridgehead atoms. The van der Waals surface area contributed by atoms with Crippen LogP contribution in [0.4, 0.5) is 10.6 Å². The Morgan fingerprint density at radius 3 is 2.62 bits per heavy atom. The third kappa shape index (κ3) is 7.01. The minimum atomic E-state index is -0.510. The number of carbonyl (C=O) groups is 2. The third-order valence-electron chi connectivity index (χ3n) is 6.18. The molecule has 0 saturated carbocycles. The van der Waals surface area contributed by atoms with Gasteiger partial charge in [0.2, 0.25) is 0 Å². The Bertz CT molecular complexity index is 1260. The Morgan fingerprint density at radius 2 is 1.92 bits per heavy atom. The second-order valence-electron chi connectivity index (χ2n) is 10.2. The quantitative estimate of drug-likeness (QED) is 0.482. The van der Waals surface area contributed by atoms with Gasteiger partial charge in [0, 0.05) is 48.2 Å². The molecule has 3 heterocycles. The molecule has 4 rings (SSSR count). The summed E-state index contributed by atoms with van der Waals surface area (Å²) in [5.74, 6) is -0.110. The minimum absolute atomic E-state index is 0.170. The number of aromatic nitrogens is 3. The van der Waals surface area contributed by atoms with Gasteiger partial charge in [-0.05, 0) is 63.8 Å². The van der Waals surface area contributed by atoms with Crippen molar-refractivity contribution in [2.24, 2.45) is 0 Å². The van der Waals surface area contributed by atoms with Crippen molar-refractivity contribution >= 4 is 29.4 Å². The van der Waals surface area contributed by atoms with E-state index in [0.29, 0.717) is 36.6 Å². The summed E-state index contributed by atoms with van der Waals surface area (Å²) in [6.45, 7) is 7.26. The molecule has 3 N–H and O–H groups in total. The molecule has 2 amide bonds. The van der Waals surface area contributed by atoms with Crippen molar-refractivity contribution in [2.75, 3.05) is 25.4 Å². The van der Waals surface area contributed by atoms with Crippen LogP contribution in [0.1, 0.15) is 55.6 Å². The molecular formula is C27H33ClN6O3. The highest BCUT2D eigenvalue weighted by atomic mass is 35.5. The fourth-order valence-electron chi connectivity index (χ4n) is 4.25. The summed E-state index contributed by atoms with van der Waals surface area (Å²) in [6, 6.07) is 9.45. The highest BCUT2D eigenvalue weighted by Crippen LogP contribution is 2.27. The first kappa shape index (κ1) is 26.5. The van der Waals surface area contributed by atoms with Crippen molar-refractivity contribution in [1.82, 2.24) is 25.0 Å². The van der Waals surface area contributed by atoms with E-state index in [1.165, 1.54) is 0 Å². The maximum Gasteiger partial charge on any atom is 0.410 e. The number of hydrogen-bond acceptors (Lipinski definition) is 6. The number of halogens is 1. The summed E-state index contributed by atoms with van der Waals surface area (Å²) in [5, 5.41) is 8.12. The van der Waals surface area contributed by atoms with Gasteiger partial charge in [0.25, 0.3) is 5.91 Å². The lowest BCUT2D eigenvalue weighted by atomic mass is 10.1. The molecule has 1 aliphatic heterocycles. The first-order chi connectivity index (χ1) is 17.6. The van der Waals surface area contributed by atoms with Crippen molar-refractivity contribution in [3.63, 3.8) is 0 Å². The van der Waals surface area contributed by atoms with Crippen LogP contribution in [0, 0.1) is 0 Å². The Labute approximate surface area is 222 Å². The van der Waals surface area contributed by atoms with Crippen LogP contribution in [-0.2, 0) is 11.2 Å². The number of anilines is 1. The molecular weight excluding hydrogens is 492 g/mol. The van der Waals surface area contributed by atoms with Crippen molar-refractivity contribution < 1.29 is 14.3 Å². The van der Waals surface area contributed by atoms with Crippen LogP contribution in [0.15, 0.2) is 48.9 Å². The Kier molecular flexibility index (Phi) is 8.02. The van der Waals surface area contributed by atoms with E-state index in [2.05, 4.69) is 15.4 Å². The Balaban J connectivity index is 1.36. The zero-order valence-corrected chi connectivity index (χ0v) is 22.2. The summed E-state index contributed by atoms with van der Waals surface area (Å²) in [7, 11) is 0. The molecule has 0 unspecified atom stereocenters. The monoisotopic (exact) mass is 524 g/mol. The highest BCUT2D eigenvalue weighted by Gasteiger charge is 2.28. The molecule has 1 aliphatic rings. The molecule has 1 fully saturated rings. The number of nitrogens with one attached hydrogen (secondary N) is 1. The lowest BCUT2D eigenvalue weighted by molar-refractivity contribution is 0.0184. The lowest BCUT2D eigenvalue weighted by Crippen LogP contribution is -2.42. The molecule has 10 heteroatoms. The van der Waals surface area contributed by atoms with Crippen LogP contribution in [0.25, 0.3) is 11.1 Å². The fraction of sp³-hybridized carbons (Fsp3) is 0.407. The van der Waals surface area contributed by atoms with E-state index in [1.54, 1.807) is 23.4 Å². The predicted molar refractivity (Wildman–Crippen MR) is 143 cm³/mol. The van der Waals surface area contributed by atoms with E-state index in [1.807, 2.05) is 55.9 Å². The second kappa shape index (κ2) is 11.2. The van der Waals surface area contributed by atoms with Crippen molar-refractivity contribution in [2.45, 2.75) is 51.7 Å². The standard InChI is InChI=1S/C27H33ClN6O3/c1-27(2,3)37-26(36)33-11-8-22(9-12-33)34-17-20(16-32-34)19-14-23(24(29)31-15-19)25(35)30-10-7-18-5-4-6-21(28)13-18/h4-6,13-17,22H,7-12H2,1-3H3,(H2,29,31)(H,30,35). The van der Waals surface area contributed by atoms with Crippen LogP contribution in [-0.4, -0.2) is 56.9 Å². The van der Waals surface area contributed by atoms with E-state index in [4.69, 9.17) is 22.1 Å². The number of nitrogen functional groups attached to an aromatic ring is 1. The molecule has 0 aliphatic carbocycles. The third-order valence-corrected chi connectivity index (χ3v) is 6.41. The average Bonchev–Trinajstić information content (AvgIpc) is 3.34. The number of nitrogens with two attached hydrogens (primary N) is 1. The van der Waals surface area contributed by atoms with E-state index >= 15 is 0 Å². The van der Waals surface area contributed by atoms with Crippen molar-refractivity contribution in [3.8, 4) is 11.1 Å². The summed E-state index contributed by atoms with van der Waals surface area (Å²) in [4.78, 5) is 31.1. The van der Waals surface area contributed by atoms with E-state index in [0.717, 1.165) is 29.5 Å². The molecule has 2 aromatic heterocycles. The smallest absolute Gasteiger partial charge is 0.410 e. The van der Waals surface area contributed by atoms with Gasteiger partial charge >= 0.3 is 6.09 Å². The maximum absolute atomic E-state index is 12.8. The topological polar surface area (TPSA) is 115 Å². The molecule has 37 heavy (non-hydrogen) atoms. The van der Waals surface area contributed by atoms with Gasteiger partial charge in [-0.15, -0.1) is 0 Å². The zero-order valence-electron chi connectivity index (χ0n) is 21.4. The number of nitrogens with zero attached hydrogens (tertiary/aromatic N) is 4. The van der Waals surface area contributed by atoms with Crippen molar-refractivity contribution in [3.05, 3.63) is 65.1 Å².